The summed E-state index contributed by atoms with van der Waals surface area (Å²) in [5.74, 6) is 2.19. The molecule has 0 spiro atoms. The number of carbonyl (C=O) groups is 1. The highest BCUT2D eigenvalue weighted by molar-refractivity contribution is 6.00. The van der Waals surface area contributed by atoms with Gasteiger partial charge in [-0.3, -0.25) is 9.89 Å². The molecular formula is C26H25N3O4. The highest BCUT2D eigenvalue weighted by Gasteiger charge is 2.42. The number of nitrogens with zero attached hydrogens (tertiary/aromatic N) is 2. The fraction of sp³-hybridized carbons (Fsp3) is 0.231. The van der Waals surface area contributed by atoms with Crippen molar-refractivity contribution in [3.8, 4) is 22.8 Å². The van der Waals surface area contributed by atoms with Gasteiger partial charge < -0.3 is 18.8 Å². The second-order valence-electron chi connectivity index (χ2n) is 7.92. The van der Waals surface area contributed by atoms with Gasteiger partial charge in [0, 0.05) is 11.1 Å². The molecule has 2 aromatic heterocycles. The molecule has 0 aliphatic carbocycles. The minimum Gasteiger partial charge on any atom is -0.497 e. The molecule has 168 valence electrons. The molecule has 33 heavy (non-hydrogen) atoms. The number of fused-ring (bicyclic) bond motifs is 1. The fourth-order valence-electron chi connectivity index (χ4n) is 4.21. The van der Waals surface area contributed by atoms with Crippen molar-refractivity contribution in [1.29, 1.82) is 0 Å². The van der Waals surface area contributed by atoms with Gasteiger partial charge in [0.25, 0.3) is 5.91 Å². The fourth-order valence-corrected chi connectivity index (χ4v) is 4.21. The number of hydrogen-bond donors (Lipinski definition) is 1. The van der Waals surface area contributed by atoms with Gasteiger partial charge in [-0.1, -0.05) is 19.1 Å². The first-order chi connectivity index (χ1) is 16.2. The number of aromatic amines is 1. The number of H-pyrrole nitrogens is 1. The number of ether oxygens (including phenoxy) is 2. The molecule has 0 saturated heterocycles. The Labute approximate surface area is 191 Å². The Bertz CT molecular complexity index is 1230. The molecule has 0 radical (unpaired) electrons. The molecule has 7 heteroatoms. The zero-order valence-corrected chi connectivity index (χ0v) is 18.6. The van der Waals surface area contributed by atoms with Crippen LogP contribution in [0.25, 0.3) is 11.3 Å². The zero-order valence-electron chi connectivity index (χ0n) is 18.6. The maximum atomic E-state index is 13.4. The molecule has 3 heterocycles. The third-order valence-corrected chi connectivity index (χ3v) is 5.80. The van der Waals surface area contributed by atoms with Gasteiger partial charge >= 0.3 is 0 Å². The number of amides is 1. The summed E-state index contributed by atoms with van der Waals surface area (Å²) in [6.07, 6.45) is 2.56. The van der Waals surface area contributed by atoms with Crippen molar-refractivity contribution in [2.45, 2.75) is 25.9 Å². The van der Waals surface area contributed by atoms with Crippen LogP contribution >= 0.6 is 0 Å². The standard InChI is InChI=1S/C26H25N3O4/c1-3-14-32-20-12-8-18(9-13-20)25-22-23(17-6-10-19(31-2)11-7-17)27-28-24(22)26(30)29(25)16-21-5-4-15-33-21/h4-13,15,25H,3,14,16H2,1-2H3,(H,27,28). The van der Waals surface area contributed by atoms with Crippen LogP contribution in [0.4, 0.5) is 0 Å². The Morgan fingerprint density at radius 3 is 2.48 bits per heavy atom. The molecular weight excluding hydrogens is 418 g/mol. The minimum atomic E-state index is -0.311. The predicted molar refractivity (Wildman–Crippen MR) is 123 cm³/mol. The molecule has 2 aromatic carbocycles. The summed E-state index contributed by atoms with van der Waals surface area (Å²) in [7, 11) is 1.64. The lowest BCUT2D eigenvalue weighted by atomic mass is 9.96. The summed E-state index contributed by atoms with van der Waals surface area (Å²) in [5, 5.41) is 7.50. The van der Waals surface area contributed by atoms with E-state index < -0.39 is 0 Å². The quantitative estimate of drug-likeness (QED) is 0.404. The van der Waals surface area contributed by atoms with E-state index in [0.29, 0.717) is 18.8 Å². The van der Waals surface area contributed by atoms with Gasteiger partial charge in [-0.2, -0.15) is 5.10 Å². The van der Waals surface area contributed by atoms with Crippen LogP contribution in [0, 0.1) is 0 Å². The van der Waals surface area contributed by atoms with E-state index in [9.17, 15) is 4.79 Å². The summed E-state index contributed by atoms with van der Waals surface area (Å²) >= 11 is 0. The molecule has 1 N–H and O–H groups in total. The lowest BCUT2D eigenvalue weighted by molar-refractivity contribution is 0.0717. The third-order valence-electron chi connectivity index (χ3n) is 5.80. The predicted octanol–water partition coefficient (Wildman–Crippen LogP) is 5.21. The Balaban J connectivity index is 1.57. The van der Waals surface area contributed by atoms with E-state index in [4.69, 9.17) is 13.9 Å². The number of nitrogens with one attached hydrogen (secondary N) is 1. The molecule has 1 atom stereocenters. The van der Waals surface area contributed by atoms with Crippen molar-refractivity contribution in [2.75, 3.05) is 13.7 Å². The van der Waals surface area contributed by atoms with Crippen molar-refractivity contribution in [3.05, 3.63) is 89.5 Å². The number of rotatable bonds is 8. The smallest absolute Gasteiger partial charge is 0.273 e. The van der Waals surface area contributed by atoms with Crippen LogP contribution in [0.15, 0.2) is 71.3 Å². The van der Waals surface area contributed by atoms with Gasteiger partial charge in [0.15, 0.2) is 0 Å². The molecule has 5 rings (SSSR count). The minimum absolute atomic E-state index is 0.107. The summed E-state index contributed by atoms with van der Waals surface area (Å²) in [6.45, 7) is 3.10. The van der Waals surface area contributed by atoms with Crippen LogP contribution < -0.4 is 9.47 Å². The monoisotopic (exact) mass is 443 g/mol. The van der Waals surface area contributed by atoms with Crippen LogP contribution in [-0.2, 0) is 6.54 Å². The molecule has 4 aromatic rings. The van der Waals surface area contributed by atoms with E-state index in [2.05, 4.69) is 17.1 Å². The molecule has 1 aliphatic rings. The van der Waals surface area contributed by atoms with E-state index in [1.807, 2.05) is 65.6 Å². The van der Waals surface area contributed by atoms with E-state index in [-0.39, 0.29) is 11.9 Å². The lowest BCUT2D eigenvalue weighted by Gasteiger charge is -2.25. The number of benzene rings is 2. The summed E-state index contributed by atoms with van der Waals surface area (Å²) in [5.41, 5.74) is 4.00. The first-order valence-corrected chi connectivity index (χ1v) is 11.0. The molecule has 0 bridgehead atoms. The Hall–Kier alpha value is -4.00. The van der Waals surface area contributed by atoms with E-state index in [0.717, 1.165) is 46.1 Å². The first kappa shape index (κ1) is 20.9. The summed E-state index contributed by atoms with van der Waals surface area (Å²) < 4.78 is 16.6. The van der Waals surface area contributed by atoms with Crippen LogP contribution in [0.1, 0.15) is 46.8 Å². The largest absolute Gasteiger partial charge is 0.497 e. The van der Waals surface area contributed by atoms with Crippen molar-refractivity contribution < 1.29 is 18.7 Å². The van der Waals surface area contributed by atoms with Crippen molar-refractivity contribution in [3.63, 3.8) is 0 Å². The van der Waals surface area contributed by atoms with Gasteiger partial charge in [0.1, 0.15) is 23.0 Å². The number of hydrogen-bond acceptors (Lipinski definition) is 5. The van der Waals surface area contributed by atoms with Gasteiger partial charge in [-0.25, -0.2) is 0 Å². The van der Waals surface area contributed by atoms with Gasteiger partial charge in [-0.15, -0.1) is 0 Å². The lowest BCUT2D eigenvalue weighted by Crippen LogP contribution is -2.28. The summed E-state index contributed by atoms with van der Waals surface area (Å²) in [6, 6.07) is 19.0. The Morgan fingerprint density at radius 2 is 1.82 bits per heavy atom. The number of methoxy groups -OCH3 is 1. The highest BCUT2D eigenvalue weighted by Crippen LogP contribution is 2.44. The normalized spacial score (nSPS) is 15.0. The van der Waals surface area contributed by atoms with Crippen molar-refractivity contribution >= 4 is 5.91 Å². The summed E-state index contributed by atoms with van der Waals surface area (Å²) in [4.78, 5) is 15.2. The van der Waals surface area contributed by atoms with Crippen LogP contribution in [0.5, 0.6) is 11.5 Å². The van der Waals surface area contributed by atoms with Crippen LogP contribution in [0.3, 0.4) is 0 Å². The molecule has 7 nitrogen and oxygen atoms in total. The van der Waals surface area contributed by atoms with E-state index >= 15 is 0 Å². The third kappa shape index (κ3) is 3.86. The second kappa shape index (κ2) is 8.86. The Kier molecular flexibility index (Phi) is 5.60. The molecule has 1 aliphatic heterocycles. The molecule has 1 unspecified atom stereocenters. The SMILES string of the molecule is CCCOc1ccc(C2c3c(-c4ccc(OC)cc4)n[nH]c3C(=O)N2Cc2ccco2)cc1. The molecule has 0 saturated carbocycles. The van der Waals surface area contributed by atoms with Crippen LogP contribution in [-0.4, -0.2) is 34.7 Å². The molecule has 1 amide bonds. The Morgan fingerprint density at radius 1 is 1.06 bits per heavy atom. The highest BCUT2D eigenvalue weighted by atomic mass is 16.5. The van der Waals surface area contributed by atoms with E-state index in [1.165, 1.54) is 0 Å². The van der Waals surface area contributed by atoms with Gasteiger partial charge in [0.05, 0.1) is 38.3 Å². The maximum absolute atomic E-state index is 13.4. The number of aromatic nitrogens is 2. The topological polar surface area (TPSA) is 80.6 Å². The maximum Gasteiger partial charge on any atom is 0.273 e. The average Bonchev–Trinajstić information content (AvgIpc) is 3.58. The second-order valence-corrected chi connectivity index (χ2v) is 7.92. The van der Waals surface area contributed by atoms with Crippen molar-refractivity contribution in [1.82, 2.24) is 15.1 Å². The zero-order chi connectivity index (χ0) is 22.8. The van der Waals surface area contributed by atoms with E-state index in [1.54, 1.807) is 13.4 Å². The van der Waals surface area contributed by atoms with Crippen molar-refractivity contribution in [2.24, 2.45) is 0 Å². The first-order valence-electron chi connectivity index (χ1n) is 11.0. The number of furan rings is 1. The van der Waals surface area contributed by atoms with Gasteiger partial charge in [-0.05, 0) is 60.5 Å². The van der Waals surface area contributed by atoms with Gasteiger partial charge in [0.2, 0.25) is 0 Å². The average molecular weight is 444 g/mol. The number of carbonyl (C=O) groups excluding carboxylic acids is 1. The molecule has 0 fully saturated rings. The van der Waals surface area contributed by atoms with Crippen LogP contribution in [0.2, 0.25) is 0 Å².